The number of aromatic hydroxyl groups is 1. The third-order valence-corrected chi connectivity index (χ3v) is 19.0. The molecule has 13 heteroatoms. The lowest BCUT2D eigenvalue weighted by Gasteiger charge is -2.66. The fourth-order valence-electron chi connectivity index (χ4n) is 15.4. The molecule has 0 radical (unpaired) electrons. The molecular weight excluding hydrogens is 951 g/mol. The Labute approximate surface area is 439 Å². The van der Waals surface area contributed by atoms with Crippen LogP contribution in [0, 0.1) is 53.3 Å². The molecule has 7 N–H and O–H groups in total. The van der Waals surface area contributed by atoms with Gasteiger partial charge in [-0.05, 0) is 152 Å². The van der Waals surface area contributed by atoms with E-state index in [0.717, 1.165) is 62.5 Å². The van der Waals surface area contributed by atoms with E-state index in [2.05, 4.69) is 35.4 Å². The smallest absolute Gasteiger partial charge is 0.334 e. The van der Waals surface area contributed by atoms with E-state index in [1.54, 1.807) is 12.1 Å². The van der Waals surface area contributed by atoms with Crippen LogP contribution in [0.5, 0.6) is 11.5 Å². The number of esters is 2. The highest BCUT2D eigenvalue weighted by Gasteiger charge is 2.68. The average molecular weight is 1020 g/mol. The summed E-state index contributed by atoms with van der Waals surface area (Å²) in [5.41, 5.74) is 1.90. The first-order valence-corrected chi connectivity index (χ1v) is 27.7. The van der Waals surface area contributed by atoms with Crippen molar-refractivity contribution in [3.8, 4) is 23.3 Å². The fraction of sp³-hybridized carbons (Fsp3) is 0.565. The van der Waals surface area contributed by atoms with Gasteiger partial charge in [-0.25, -0.2) is 4.79 Å². The summed E-state index contributed by atoms with van der Waals surface area (Å²) in [6.07, 6.45) is 10.6. The van der Waals surface area contributed by atoms with Crippen molar-refractivity contribution in [1.82, 2.24) is 0 Å². The maximum absolute atomic E-state index is 15.8. The minimum atomic E-state index is -1.66. The van der Waals surface area contributed by atoms with Crippen molar-refractivity contribution in [2.75, 3.05) is 25.6 Å². The number of fused-ring (bicyclic) bond motifs is 10. The van der Waals surface area contributed by atoms with E-state index in [1.807, 2.05) is 30.3 Å². The molecule has 5 aliphatic carbocycles. The van der Waals surface area contributed by atoms with Gasteiger partial charge in [-0.1, -0.05) is 73.6 Å². The predicted molar refractivity (Wildman–Crippen MR) is 280 cm³/mol. The molecule has 75 heavy (non-hydrogen) atoms. The highest BCUT2D eigenvalue weighted by Crippen LogP contribution is 2.65. The van der Waals surface area contributed by atoms with E-state index in [4.69, 9.17) is 14.2 Å². The number of ether oxygens (including phenoxy) is 3. The Morgan fingerprint density at radius 2 is 1.71 bits per heavy atom. The van der Waals surface area contributed by atoms with Crippen LogP contribution in [0.25, 0.3) is 0 Å². The molecule has 3 aliphatic heterocycles. The number of rotatable bonds is 9. The quantitative estimate of drug-likeness (QED) is 0.0483. The summed E-state index contributed by atoms with van der Waals surface area (Å²) in [5.74, 6) is 3.11. The summed E-state index contributed by atoms with van der Waals surface area (Å²) in [7, 11) is 1.44. The molecule has 12 bridgehead atoms. The van der Waals surface area contributed by atoms with E-state index in [9.17, 15) is 40.2 Å². The fourth-order valence-corrected chi connectivity index (χ4v) is 15.4. The topological polar surface area (TPSA) is 212 Å². The molecule has 4 fully saturated rings. The molecule has 8 aliphatic rings. The maximum atomic E-state index is 15.8. The molecule has 3 aromatic rings. The van der Waals surface area contributed by atoms with Crippen LogP contribution in [-0.2, 0) is 49.7 Å². The van der Waals surface area contributed by atoms with Crippen molar-refractivity contribution in [1.29, 1.82) is 0 Å². The highest BCUT2D eigenvalue weighted by molar-refractivity contribution is 5.89. The van der Waals surface area contributed by atoms with Gasteiger partial charge in [0.2, 0.25) is 0 Å². The van der Waals surface area contributed by atoms with Crippen molar-refractivity contribution in [3.63, 3.8) is 0 Å². The number of methoxy groups -OCH3 is 1. The molecule has 398 valence electrons. The van der Waals surface area contributed by atoms with Crippen LogP contribution in [0.3, 0.4) is 0 Å². The molecule has 13 nitrogen and oxygen atoms in total. The van der Waals surface area contributed by atoms with Gasteiger partial charge >= 0.3 is 11.9 Å². The first-order chi connectivity index (χ1) is 36.1. The number of ketones is 1. The van der Waals surface area contributed by atoms with Crippen molar-refractivity contribution < 1.29 is 59.2 Å². The Hall–Kier alpha value is -5.33. The van der Waals surface area contributed by atoms with Crippen molar-refractivity contribution in [2.45, 2.75) is 157 Å². The summed E-state index contributed by atoms with van der Waals surface area (Å²) >= 11 is 0. The van der Waals surface area contributed by atoms with Crippen LogP contribution in [0.15, 0.2) is 72.3 Å². The molecule has 11 rings (SSSR count). The first-order valence-electron chi connectivity index (χ1n) is 27.7. The molecule has 3 heterocycles. The minimum absolute atomic E-state index is 0.0314. The van der Waals surface area contributed by atoms with E-state index in [1.165, 1.54) is 20.1 Å². The summed E-state index contributed by atoms with van der Waals surface area (Å²) in [4.78, 5) is 44.3. The molecular formula is C62H73NO12. The third kappa shape index (κ3) is 9.78. The number of Topliss-reactive ketones (excluding diaryl/α,β-unsaturated/α-hetero) is 1. The molecule has 3 aromatic carbocycles. The second-order valence-electron chi connectivity index (χ2n) is 23.7. The number of phenolic OH excluding ortho intramolecular Hbond substituents is 1. The molecule has 0 amide bonds. The summed E-state index contributed by atoms with van der Waals surface area (Å²) < 4.78 is 18.3. The number of carbonyl (C=O) groups is 3. The number of aliphatic hydroxyl groups excluding tert-OH is 3. The summed E-state index contributed by atoms with van der Waals surface area (Å²) in [6, 6.07) is 15.2. The first kappa shape index (κ1) is 51.8. The number of phenols is 1. The standard InChI is InChI=1S/C62H73NO12/c1-61(71,52(67)32-73-2)33-63-44-21-36(31-64)20-41(25-44)38-15-16-39-30-54(68)75-59-48(39)27-42(58(69)55(59)37-11-4-3-5-12-37)29-53-62(72)50-14-7-6-13-46(50)47-18-17-40-28-51(66)49(56(47)57(40)62)23-35-10-8-9-34(19-35)22-45(65)26-43(24-38)60(70)74-53/h6,8-10,13,19-21,25-27,37-40,45-47,49-50,52-53,56-57,63-65,67,69,71-72H,3-5,7,11-12,14,17-18,22-24,28-33H2,1-2H3. The molecule has 0 saturated heterocycles. The number of benzene rings is 3. The Morgan fingerprint density at radius 1 is 0.920 bits per heavy atom. The lowest BCUT2D eigenvalue weighted by Crippen LogP contribution is -2.71. The summed E-state index contributed by atoms with van der Waals surface area (Å²) in [5, 5.41) is 75.4. The number of carbonyl (C=O) groups excluding carboxylic acids is 3. The third-order valence-electron chi connectivity index (χ3n) is 19.0. The zero-order chi connectivity index (χ0) is 52.3. The molecule has 14 unspecified atom stereocenters. The molecule has 14 atom stereocenters. The Kier molecular flexibility index (Phi) is 14.4. The van der Waals surface area contributed by atoms with Crippen LogP contribution in [0.1, 0.15) is 141 Å². The van der Waals surface area contributed by atoms with Gasteiger partial charge in [-0.15, -0.1) is 0 Å². The normalized spacial score (nSPS) is 33.5. The average Bonchev–Trinajstić information content (AvgIpc) is 3.42. The van der Waals surface area contributed by atoms with Gasteiger partial charge in [0.1, 0.15) is 40.7 Å². The number of hydrogen-bond donors (Lipinski definition) is 7. The maximum Gasteiger partial charge on any atom is 0.334 e. The van der Waals surface area contributed by atoms with Crippen LogP contribution >= 0.6 is 0 Å². The number of nitrogens with one attached hydrogen (secondary N) is 1. The zero-order valence-corrected chi connectivity index (χ0v) is 43.2. The monoisotopic (exact) mass is 1020 g/mol. The largest absolute Gasteiger partial charge is 0.507 e. The zero-order valence-electron chi connectivity index (χ0n) is 43.2. The number of hydrogen-bond acceptors (Lipinski definition) is 13. The Bertz CT molecular complexity index is 2830. The van der Waals surface area contributed by atoms with Crippen LogP contribution in [0.2, 0.25) is 0 Å². The van der Waals surface area contributed by atoms with Gasteiger partial charge in [0, 0.05) is 67.1 Å². The van der Waals surface area contributed by atoms with E-state index >= 15 is 4.79 Å². The number of allylic oxidation sites excluding steroid dienone is 2. The summed E-state index contributed by atoms with van der Waals surface area (Å²) in [6.45, 7) is 0.941. The number of aliphatic hydroxyl groups is 5. The molecule has 4 saturated carbocycles. The second-order valence-corrected chi connectivity index (χ2v) is 23.7. The SMILES string of the molecule is COCC(O)C(C)(O)CNc1cc(CO)cc(C2C#CC3CC(=O)Oc4c3cc(c(O)c4C3CCCCC3)CC3OC(=O)C(=CC(O)Cc4cccc(c4)CC4C(=O)CC5CCC6C7C=CCCC7C3(O)C5C46)C2)c1. The van der Waals surface area contributed by atoms with Gasteiger partial charge in [-0.2, -0.15) is 0 Å². The van der Waals surface area contributed by atoms with Crippen LogP contribution in [0.4, 0.5) is 5.69 Å². The molecule has 0 spiro atoms. The van der Waals surface area contributed by atoms with Crippen molar-refractivity contribution >= 4 is 23.4 Å². The van der Waals surface area contributed by atoms with Crippen LogP contribution in [-0.4, -0.2) is 98.1 Å². The van der Waals surface area contributed by atoms with Crippen molar-refractivity contribution in [2.24, 2.45) is 41.4 Å². The lowest BCUT2D eigenvalue weighted by molar-refractivity contribution is -0.256. The van der Waals surface area contributed by atoms with Gasteiger partial charge in [-0.3, -0.25) is 9.59 Å². The van der Waals surface area contributed by atoms with Crippen LogP contribution < -0.4 is 10.1 Å². The second kappa shape index (κ2) is 20.9. The highest BCUT2D eigenvalue weighted by atomic mass is 16.6. The molecule has 0 aromatic heterocycles. The lowest BCUT2D eigenvalue weighted by atomic mass is 9.40. The van der Waals surface area contributed by atoms with E-state index in [0.29, 0.717) is 58.5 Å². The van der Waals surface area contributed by atoms with Crippen molar-refractivity contribution in [3.05, 3.63) is 111 Å². The van der Waals surface area contributed by atoms with Gasteiger partial charge in [0.15, 0.2) is 0 Å². The van der Waals surface area contributed by atoms with Gasteiger partial charge in [0.05, 0.1) is 31.7 Å². The minimum Gasteiger partial charge on any atom is -0.507 e. The van der Waals surface area contributed by atoms with E-state index < -0.39 is 59.2 Å². The van der Waals surface area contributed by atoms with Gasteiger partial charge in [0.25, 0.3) is 0 Å². The van der Waals surface area contributed by atoms with E-state index in [-0.39, 0.29) is 104 Å². The Morgan fingerprint density at radius 3 is 2.49 bits per heavy atom. The van der Waals surface area contributed by atoms with Gasteiger partial charge < -0.3 is 50.2 Å². The number of anilines is 1. The Balaban J connectivity index is 1.13. The predicted octanol–water partition coefficient (Wildman–Crippen LogP) is 7.40.